The van der Waals surface area contributed by atoms with Crippen LogP contribution in [-0.2, 0) is 10.7 Å². The van der Waals surface area contributed by atoms with Gasteiger partial charge in [0.15, 0.2) is 10.7 Å². The maximum Gasteiger partial charge on any atom is 0.201 e. The Labute approximate surface area is 77.3 Å². The van der Waals surface area contributed by atoms with Crippen LogP contribution in [0.25, 0.3) is 0 Å². The molecule has 1 radical (unpaired) electrons. The highest BCUT2D eigenvalue weighted by Crippen LogP contribution is 2.08. The minimum atomic E-state index is -2.64. The molecule has 0 amide bonds. The van der Waals surface area contributed by atoms with Gasteiger partial charge in [-0.1, -0.05) is 23.7 Å². The molecule has 0 bridgehead atoms. The van der Waals surface area contributed by atoms with E-state index in [2.05, 4.69) is 11.4 Å². The van der Waals surface area contributed by atoms with Crippen LogP contribution in [0.2, 0.25) is 0 Å². The van der Waals surface area contributed by atoms with Gasteiger partial charge in [-0.2, -0.15) is 0 Å². The van der Waals surface area contributed by atoms with E-state index in [-0.39, 0.29) is 0 Å². The van der Waals surface area contributed by atoms with E-state index in [9.17, 15) is 8.42 Å². The molecule has 0 saturated heterocycles. The van der Waals surface area contributed by atoms with Crippen LogP contribution in [-0.4, -0.2) is 13.3 Å². The minimum absolute atomic E-state index is 0.660. The third-order valence-electron chi connectivity index (χ3n) is 1.19. The van der Waals surface area contributed by atoms with Gasteiger partial charge in [-0.25, -0.2) is 8.42 Å². The van der Waals surface area contributed by atoms with Gasteiger partial charge < -0.3 is 5.32 Å². The Morgan fingerprint density at radius 1 is 1.42 bits per heavy atom. The first-order valence-electron chi connectivity index (χ1n) is 3.20. The number of alkyl halides is 1. The van der Waals surface area contributed by atoms with E-state index < -0.39 is 15.5 Å². The molecule has 0 saturated carbocycles. The Kier molecular flexibility index (Phi) is 3.37. The number of thiol groups is 1. The summed E-state index contributed by atoms with van der Waals surface area (Å²) in [5, 5.41) is 2.59. The first-order valence-corrected chi connectivity index (χ1v) is 4.88. The second kappa shape index (κ2) is 4.33. The summed E-state index contributed by atoms with van der Waals surface area (Å²) in [6, 6.07) is 9.52. The van der Waals surface area contributed by atoms with Gasteiger partial charge in [-0.05, 0) is 18.2 Å². The Morgan fingerprint density at radius 2 is 2.00 bits per heavy atom. The number of anilines is 1. The Morgan fingerprint density at radius 3 is 2.50 bits per heavy atom. The molecule has 0 spiro atoms. The topological polar surface area (TPSA) is 46.2 Å². The molecular weight excluding hydrogens is 198 g/mol. The lowest BCUT2D eigenvalue weighted by Gasteiger charge is -2.05. The van der Waals surface area contributed by atoms with Gasteiger partial charge in [0.2, 0.25) is 4.83 Å². The van der Waals surface area contributed by atoms with Gasteiger partial charge in [0.05, 0.1) is 0 Å². The predicted octanol–water partition coefficient (Wildman–Crippen LogP) is 1.03. The molecule has 1 N–H and O–H groups in total. The van der Waals surface area contributed by atoms with Crippen molar-refractivity contribution in [3.8, 4) is 0 Å². The third kappa shape index (κ3) is 2.71. The first kappa shape index (κ1) is 9.35. The molecule has 0 heterocycles. The molecule has 1 atom stereocenters. The van der Waals surface area contributed by atoms with E-state index in [0.29, 0.717) is 5.69 Å². The number of hydrogen-bond acceptors (Lipinski definition) is 3. The first-order chi connectivity index (χ1) is 5.70. The standard InChI is InChI=1S/C7H7ClNO2S/c8-7(12(10)11)9-6-4-2-1-3-5-6/h2-5,7,9,12H. The SMILES string of the molecule is O=[SH](=O)C(Cl)Nc1cc[c]cc1. The summed E-state index contributed by atoms with van der Waals surface area (Å²) >= 11 is 5.43. The van der Waals surface area contributed by atoms with E-state index in [1.807, 2.05) is 0 Å². The number of nitrogens with one attached hydrogen (secondary N) is 1. The summed E-state index contributed by atoms with van der Waals surface area (Å²) in [7, 11) is -2.64. The second-order valence-corrected chi connectivity index (χ2v) is 3.88. The van der Waals surface area contributed by atoms with Crippen molar-refractivity contribution in [3.05, 3.63) is 30.3 Å². The molecule has 0 fully saturated rings. The Balaban J connectivity index is 2.64. The van der Waals surface area contributed by atoms with Crippen molar-refractivity contribution in [2.75, 3.05) is 5.32 Å². The highest BCUT2D eigenvalue weighted by atomic mass is 35.5. The highest BCUT2D eigenvalue weighted by Gasteiger charge is 2.04. The summed E-state index contributed by atoms with van der Waals surface area (Å²) in [6.45, 7) is 0. The predicted molar refractivity (Wildman–Crippen MR) is 48.9 cm³/mol. The van der Waals surface area contributed by atoms with Gasteiger partial charge in [0.1, 0.15) is 0 Å². The molecule has 1 aromatic rings. The summed E-state index contributed by atoms with van der Waals surface area (Å²) in [6.07, 6.45) is 0. The maximum absolute atomic E-state index is 10.3. The zero-order valence-corrected chi connectivity index (χ0v) is 7.68. The van der Waals surface area contributed by atoms with E-state index >= 15 is 0 Å². The van der Waals surface area contributed by atoms with Crippen molar-refractivity contribution in [1.29, 1.82) is 0 Å². The Bertz CT molecular complexity index is 304. The average molecular weight is 205 g/mol. The van der Waals surface area contributed by atoms with Crippen LogP contribution < -0.4 is 5.32 Å². The van der Waals surface area contributed by atoms with Gasteiger partial charge in [0, 0.05) is 5.69 Å². The van der Waals surface area contributed by atoms with E-state index in [1.165, 1.54) is 0 Å². The molecule has 0 aromatic heterocycles. The van der Waals surface area contributed by atoms with Gasteiger partial charge >= 0.3 is 0 Å². The van der Waals surface area contributed by atoms with Crippen molar-refractivity contribution in [3.63, 3.8) is 0 Å². The van der Waals surface area contributed by atoms with Crippen LogP contribution in [0.4, 0.5) is 5.69 Å². The fraction of sp³-hybridized carbons (Fsp3) is 0.143. The van der Waals surface area contributed by atoms with Crippen molar-refractivity contribution < 1.29 is 8.42 Å². The van der Waals surface area contributed by atoms with E-state index in [4.69, 9.17) is 11.6 Å². The summed E-state index contributed by atoms with van der Waals surface area (Å²) < 4.78 is 20.7. The summed E-state index contributed by atoms with van der Waals surface area (Å²) in [5.41, 5.74) is 0.660. The molecule has 65 valence electrons. The lowest BCUT2D eigenvalue weighted by Crippen LogP contribution is -2.13. The smallest absolute Gasteiger partial charge is 0.201 e. The fourth-order valence-corrected chi connectivity index (χ4v) is 1.05. The minimum Gasteiger partial charge on any atom is -0.357 e. The highest BCUT2D eigenvalue weighted by molar-refractivity contribution is 7.74. The monoisotopic (exact) mass is 204 g/mol. The van der Waals surface area contributed by atoms with Crippen LogP contribution >= 0.6 is 11.6 Å². The fourth-order valence-electron chi connectivity index (χ4n) is 0.673. The van der Waals surface area contributed by atoms with Crippen LogP contribution in [0, 0.1) is 6.07 Å². The molecule has 3 nitrogen and oxygen atoms in total. The molecule has 0 aliphatic rings. The van der Waals surface area contributed by atoms with Crippen molar-refractivity contribution in [2.45, 2.75) is 4.83 Å². The lowest BCUT2D eigenvalue weighted by molar-refractivity contribution is 0.613. The third-order valence-corrected chi connectivity index (χ3v) is 2.28. The molecule has 1 rings (SSSR count). The maximum atomic E-state index is 10.3. The quantitative estimate of drug-likeness (QED) is 0.439. The molecule has 0 aliphatic heterocycles. The van der Waals surface area contributed by atoms with Gasteiger partial charge in [-0.15, -0.1) is 0 Å². The van der Waals surface area contributed by atoms with Crippen molar-refractivity contribution >= 4 is 28.0 Å². The lowest BCUT2D eigenvalue weighted by atomic mass is 10.3. The number of halogens is 1. The normalized spacial score (nSPS) is 12.8. The molecule has 1 unspecified atom stereocenters. The van der Waals surface area contributed by atoms with Crippen molar-refractivity contribution in [1.82, 2.24) is 0 Å². The molecular formula is C7H7ClNO2S. The summed E-state index contributed by atoms with van der Waals surface area (Å²) in [4.78, 5) is -1.05. The molecule has 5 heteroatoms. The molecule has 0 aliphatic carbocycles. The number of hydrogen-bond donors (Lipinski definition) is 2. The molecule has 1 aromatic carbocycles. The number of benzene rings is 1. The zero-order valence-electron chi connectivity index (χ0n) is 6.03. The van der Waals surface area contributed by atoms with Crippen LogP contribution in [0.15, 0.2) is 24.3 Å². The van der Waals surface area contributed by atoms with Crippen LogP contribution in [0.5, 0.6) is 0 Å². The second-order valence-electron chi connectivity index (χ2n) is 2.05. The van der Waals surface area contributed by atoms with Crippen molar-refractivity contribution in [2.24, 2.45) is 0 Å². The van der Waals surface area contributed by atoms with Gasteiger partial charge in [-0.3, -0.25) is 0 Å². The van der Waals surface area contributed by atoms with Crippen LogP contribution in [0.3, 0.4) is 0 Å². The molecule has 12 heavy (non-hydrogen) atoms. The van der Waals surface area contributed by atoms with Gasteiger partial charge in [0.25, 0.3) is 0 Å². The zero-order chi connectivity index (χ0) is 8.97. The number of rotatable bonds is 3. The van der Waals surface area contributed by atoms with E-state index in [1.54, 1.807) is 24.3 Å². The van der Waals surface area contributed by atoms with Crippen LogP contribution in [0.1, 0.15) is 0 Å². The largest absolute Gasteiger partial charge is 0.357 e. The Hall–Kier alpha value is -0.740. The average Bonchev–Trinajstić information content (AvgIpc) is 2.06. The summed E-state index contributed by atoms with van der Waals surface area (Å²) in [5.74, 6) is 0. The van der Waals surface area contributed by atoms with E-state index in [0.717, 1.165) is 0 Å².